The molecule has 0 radical (unpaired) electrons. The van der Waals surface area contributed by atoms with Crippen molar-refractivity contribution in [3.8, 4) is 5.75 Å². The number of hydrogen-bond acceptors (Lipinski definition) is 4. The van der Waals surface area contributed by atoms with Crippen molar-refractivity contribution >= 4 is 17.5 Å². The highest BCUT2D eigenvalue weighted by Crippen LogP contribution is 2.21. The maximum atomic E-state index is 11.7. The minimum Gasteiger partial charge on any atom is -0.495 e. The average molecular weight is 237 g/mol. The van der Waals surface area contributed by atoms with Crippen LogP contribution in [0, 0.1) is 0 Å². The molecule has 0 saturated carbocycles. The topological polar surface area (TPSA) is 107 Å². The van der Waals surface area contributed by atoms with Gasteiger partial charge in [0, 0.05) is 5.56 Å². The number of amides is 2. The summed E-state index contributed by atoms with van der Waals surface area (Å²) in [5.41, 5.74) is 11.4. The summed E-state index contributed by atoms with van der Waals surface area (Å²) in [7, 11) is 1.49. The van der Waals surface area contributed by atoms with Gasteiger partial charge >= 0.3 is 0 Å². The number of anilines is 1. The summed E-state index contributed by atoms with van der Waals surface area (Å²) >= 11 is 0. The van der Waals surface area contributed by atoms with Gasteiger partial charge in [0.05, 0.1) is 12.8 Å². The molecule has 0 aromatic heterocycles. The molecule has 17 heavy (non-hydrogen) atoms. The van der Waals surface area contributed by atoms with E-state index in [1.807, 2.05) is 0 Å². The first-order valence-electron chi connectivity index (χ1n) is 4.99. The molecule has 1 rings (SSSR count). The molecule has 0 aliphatic heterocycles. The highest BCUT2D eigenvalue weighted by Gasteiger charge is 2.14. The van der Waals surface area contributed by atoms with Crippen molar-refractivity contribution in [1.29, 1.82) is 0 Å². The Labute approximate surface area is 98.9 Å². The van der Waals surface area contributed by atoms with E-state index in [-0.39, 0.29) is 0 Å². The van der Waals surface area contributed by atoms with Gasteiger partial charge in [-0.25, -0.2) is 0 Å². The lowest BCUT2D eigenvalue weighted by Crippen LogP contribution is -2.42. The first-order chi connectivity index (χ1) is 7.95. The molecule has 1 aromatic rings. The molecule has 92 valence electrons. The average Bonchev–Trinajstić information content (AvgIpc) is 2.28. The zero-order valence-corrected chi connectivity index (χ0v) is 9.69. The van der Waals surface area contributed by atoms with E-state index >= 15 is 0 Å². The number of nitrogen functional groups attached to an aromatic ring is 1. The third-order valence-corrected chi connectivity index (χ3v) is 2.27. The van der Waals surface area contributed by atoms with Crippen molar-refractivity contribution in [2.45, 2.75) is 13.0 Å². The third-order valence-electron chi connectivity index (χ3n) is 2.27. The standard InChI is InChI=1S/C11H15N3O3/c1-6(10(13)15)14-11(16)7-3-4-9(17-2)8(12)5-7/h3-6H,12H2,1-2H3,(H2,13,15)(H,14,16). The van der Waals surface area contributed by atoms with Gasteiger partial charge in [-0.2, -0.15) is 0 Å². The highest BCUT2D eigenvalue weighted by atomic mass is 16.5. The Balaban J connectivity index is 2.83. The number of nitrogens with one attached hydrogen (secondary N) is 1. The maximum absolute atomic E-state index is 11.7. The molecule has 0 bridgehead atoms. The van der Waals surface area contributed by atoms with Crippen LogP contribution in [0.25, 0.3) is 0 Å². The lowest BCUT2D eigenvalue weighted by molar-refractivity contribution is -0.119. The molecule has 6 nitrogen and oxygen atoms in total. The molecule has 1 unspecified atom stereocenters. The molecule has 0 spiro atoms. The van der Waals surface area contributed by atoms with E-state index in [2.05, 4.69) is 5.32 Å². The summed E-state index contributed by atoms with van der Waals surface area (Å²) < 4.78 is 4.97. The van der Waals surface area contributed by atoms with E-state index < -0.39 is 17.9 Å². The monoisotopic (exact) mass is 237 g/mol. The molecule has 0 aliphatic carbocycles. The largest absolute Gasteiger partial charge is 0.495 e. The van der Waals surface area contributed by atoms with Gasteiger partial charge in [-0.05, 0) is 25.1 Å². The smallest absolute Gasteiger partial charge is 0.251 e. The van der Waals surface area contributed by atoms with Crippen LogP contribution in [0.2, 0.25) is 0 Å². The summed E-state index contributed by atoms with van der Waals surface area (Å²) in [6, 6.07) is 3.88. The van der Waals surface area contributed by atoms with Gasteiger partial charge in [0.2, 0.25) is 5.91 Å². The Bertz CT molecular complexity index is 446. The molecule has 1 aromatic carbocycles. The van der Waals surface area contributed by atoms with Crippen LogP contribution in [-0.2, 0) is 4.79 Å². The number of methoxy groups -OCH3 is 1. The van der Waals surface area contributed by atoms with E-state index in [1.165, 1.54) is 20.1 Å². The summed E-state index contributed by atoms with van der Waals surface area (Å²) in [6.07, 6.45) is 0. The quantitative estimate of drug-likeness (QED) is 0.634. The normalized spacial score (nSPS) is 11.6. The Kier molecular flexibility index (Phi) is 3.92. The first-order valence-corrected chi connectivity index (χ1v) is 4.99. The first kappa shape index (κ1) is 12.8. The molecule has 0 saturated heterocycles. The van der Waals surface area contributed by atoms with Gasteiger partial charge in [0.1, 0.15) is 11.8 Å². The van der Waals surface area contributed by atoms with Crippen molar-refractivity contribution in [2.24, 2.45) is 5.73 Å². The predicted molar refractivity (Wildman–Crippen MR) is 63.5 cm³/mol. The van der Waals surface area contributed by atoms with Crippen molar-refractivity contribution < 1.29 is 14.3 Å². The zero-order valence-electron chi connectivity index (χ0n) is 9.69. The van der Waals surface area contributed by atoms with Crippen molar-refractivity contribution in [3.63, 3.8) is 0 Å². The van der Waals surface area contributed by atoms with Gasteiger partial charge in [-0.1, -0.05) is 0 Å². The predicted octanol–water partition coefficient (Wildman–Crippen LogP) is -0.119. The lowest BCUT2D eigenvalue weighted by Gasteiger charge is -2.11. The fourth-order valence-electron chi connectivity index (χ4n) is 1.23. The van der Waals surface area contributed by atoms with Crippen LogP contribution in [-0.4, -0.2) is 25.0 Å². The van der Waals surface area contributed by atoms with E-state index in [9.17, 15) is 9.59 Å². The number of carbonyl (C=O) groups is 2. The molecule has 0 aliphatic rings. The minimum atomic E-state index is -0.731. The second-order valence-electron chi connectivity index (χ2n) is 3.55. The fourth-order valence-corrected chi connectivity index (χ4v) is 1.23. The number of carbonyl (C=O) groups excluding carboxylic acids is 2. The lowest BCUT2D eigenvalue weighted by atomic mass is 10.1. The number of primary amides is 1. The zero-order chi connectivity index (χ0) is 13.0. The van der Waals surface area contributed by atoms with Crippen LogP contribution in [0.4, 0.5) is 5.69 Å². The van der Waals surface area contributed by atoms with Gasteiger partial charge in [0.25, 0.3) is 5.91 Å². The number of benzene rings is 1. The number of nitrogens with two attached hydrogens (primary N) is 2. The molecular weight excluding hydrogens is 222 g/mol. The summed E-state index contributed by atoms with van der Waals surface area (Å²) in [4.78, 5) is 22.5. The second kappa shape index (κ2) is 5.20. The van der Waals surface area contributed by atoms with Crippen molar-refractivity contribution in [3.05, 3.63) is 23.8 Å². The van der Waals surface area contributed by atoms with E-state index in [4.69, 9.17) is 16.2 Å². The van der Waals surface area contributed by atoms with Crippen LogP contribution >= 0.6 is 0 Å². The van der Waals surface area contributed by atoms with Gasteiger partial charge < -0.3 is 21.5 Å². The third kappa shape index (κ3) is 3.10. The minimum absolute atomic E-state index is 0.344. The van der Waals surface area contributed by atoms with Gasteiger partial charge in [-0.15, -0.1) is 0 Å². The second-order valence-corrected chi connectivity index (χ2v) is 3.55. The Morgan fingerprint density at radius 3 is 2.53 bits per heavy atom. The Hall–Kier alpha value is -2.24. The van der Waals surface area contributed by atoms with E-state index in [0.29, 0.717) is 17.0 Å². The highest BCUT2D eigenvalue weighted by molar-refractivity contribution is 5.98. The SMILES string of the molecule is COc1ccc(C(=O)NC(C)C(N)=O)cc1N. The van der Waals surface area contributed by atoms with E-state index in [1.54, 1.807) is 12.1 Å². The van der Waals surface area contributed by atoms with Crippen LogP contribution in [0.3, 0.4) is 0 Å². The maximum Gasteiger partial charge on any atom is 0.251 e. The molecule has 6 heteroatoms. The molecule has 1 atom stereocenters. The van der Waals surface area contributed by atoms with Crippen molar-refractivity contribution in [2.75, 3.05) is 12.8 Å². The summed E-state index contributed by atoms with van der Waals surface area (Å²) in [5.74, 6) is -0.519. The fraction of sp³-hybridized carbons (Fsp3) is 0.273. The Morgan fingerprint density at radius 2 is 2.06 bits per heavy atom. The number of rotatable bonds is 4. The van der Waals surface area contributed by atoms with Gasteiger partial charge in [0.15, 0.2) is 0 Å². The van der Waals surface area contributed by atoms with Crippen LogP contribution in [0.5, 0.6) is 5.75 Å². The van der Waals surface area contributed by atoms with E-state index in [0.717, 1.165) is 0 Å². The molecular formula is C11H15N3O3. The molecule has 0 heterocycles. The van der Waals surface area contributed by atoms with Crippen LogP contribution < -0.4 is 21.5 Å². The molecule has 5 N–H and O–H groups in total. The summed E-state index contributed by atoms with van der Waals surface area (Å²) in [6.45, 7) is 1.51. The van der Waals surface area contributed by atoms with Crippen molar-refractivity contribution in [1.82, 2.24) is 5.32 Å². The molecule has 0 fully saturated rings. The molecule has 2 amide bonds. The van der Waals surface area contributed by atoms with Gasteiger partial charge in [-0.3, -0.25) is 9.59 Å². The van der Waals surface area contributed by atoms with Crippen LogP contribution in [0.15, 0.2) is 18.2 Å². The number of hydrogen-bond donors (Lipinski definition) is 3. The van der Waals surface area contributed by atoms with Crippen LogP contribution in [0.1, 0.15) is 17.3 Å². The number of ether oxygens (including phenoxy) is 1. The Morgan fingerprint density at radius 1 is 1.41 bits per heavy atom. The summed E-state index contributed by atoms with van der Waals surface area (Å²) in [5, 5.41) is 2.45.